The van der Waals surface area contributed by atoms with Crippen molar-refractivity contribution in [1.29, 1.82) is 0 Å². The van der Waals surface area contributed by atoms with Crippen LogP contribution in [0.2, 0.25) is 0 Å². The molecule has 200 valence electrons. The van der Waals surface area contributed by atoms with Crippen molar-refractivity contribution in [3.63, 3.8) is 0 Å². The summed E-state index contributed by atoms with van der Waals surface area (Å²) in [4.78, 5) is 15.5. The minimum Gasteiger partial charge on any atom is -0.508 e. The maximum Gasteiger partial charge on any atom is 0.220 e. The molecule has 3 fully saturated rings. The van der Waals surface area contributed by atoms with Crippen LogP contribution in [0.5, 0.6) is 5.75 Å². The van der Waals surface area contributed by atoms with Crippen LogP contribution in [0.25, 0.3) is 0 Å². The second-order valence-electron chi connectivity index (χ2n) is 11.8. The number of phenolic OH excluding ortho intramolecular Hbond substituents is 1. The van der Waals surface area contributed by atoms with E-state index < -0.39 is 0 Å². The van der Waals surface area contributed by atoms with Crippen LogP contribution in [0.3, 0.4) is 0 Å². The minimum absolute atomic E-state index is 0.137. The Bertz CT molecular complexity index is 1040. The lowest BCUT2D eigenvalue weighted by atomic mass is 9.55. The molecule has 2 N–H and O–H groups in total. The number of methoxy groups -OCH3 is 1. The number of carbonyl (C=O) groups is 1. The third-order valence-corrected chi connectivity index (χ3v) is 9.28. The number of nitrogens with zero attached hydrogens (tertiary/aromatic N) is 1. The fourth-order valence-corrected chi connectivity index (χ4v) is 7.08. The molecule has 2 saturated carbocycles. The van der Waals surface area contributed by atoms with Crippen LogP contribution in [0.4, 0.5) is 0 Å². The molecular formula is C32H44N2O3. The number of piperidine rings is 1. The van der Waals surface area contributed by atoms with Gasteiger partial charge in [-0.15, -0.1) is 0 Å². The van der Waals surface area contributed by atoms with Gasteiger partial charge in [-0.25, -0.2) is 0 Å². The van der Waals surface area contributed by atoms with Gasteiger partial charge in [0.1, 0.15) is 5.75 Å². The summed E-state index contributed by atoms with van der Waals surface area (Å²) >= 11 is 0. The lowest BCUT2D eigenvalue weighted by molar-refractivity contribution is -0.151. The molecule has 0 spiro atoms. The first-order valence-corrected chi connectivity index (χ1v) is 14.4. The number of phenols is 1. The first kappa shape index (κ1) is 26.2. The second-order valence-corrected chi connectivity index (χ2v) is 11.8. The van der Waals surface area contributed by atoms with Gasteiger partial charge in [0.05, 0.1) is 5.60 Å². The van der Waals surface area contributed by atoms with Crippen molar-refractivity contribution >= 4 is 5.91 Å². The Morgan fingerprint density at radius 2 is 1.89 bits per heavy atom. The number of aryl methyl sites for hydroxylation is 1. The van der Waals surface area contributed by atoms with Crippen LogP contribution in [-0.2, 0) is 21.4 Å². The normalized spacial score (nSPS) is 28.0. The Balaban J connectivity index is 1.22. The largest absolute Gasteiger partial charge is 0.508 e. The van der Waals surface area contributed by atoms with Crippen LogP contribution in [0.15, 0.2) is 54.6 Å². The highest BCUT2D eigenvalue weighted by Gasteiger charge is 2.59. The third-order valence-electron chi connectivity index (χ3n) is 9.28. The predicted octanol–water partition coefficient (Wildman–Crippen LogP) is 5.60. The number of fused-ring (bicyclic) bond motifs is 1. The van der Waals surface area contributed by atoms with E-state index in [4.69, 9.17) is 4.74 Å². The van der Waals surface area contributed by atoms with Crippen LogP contribution in [0, 0.1) is 5.92 Å². The number of likely N-dealkylation sites (tertiary alicyclic amines) is 1. The highest BCUT2D eigenvalue weighted by atomic mass is 16.5. The van der Waals surface area contributed by atoms with E-state index in [-0.39, 0.29) is 23.0 Å². The van der Waals surface area contributed by atoms with Crippen LogP contribution >= 0.6 is 0 Å². The van der Waals surface area contributed by atoms with Gasteiger partial charge in [0.15, 0.2) is 0 Å². The first-order valence-electron chi connectivity index (χ1n) is 14.4. The molecule has 0 aromatic heterocycles. The third kappa shape index (κ3) is 6.04. The Morgan fingerprint density at radius 3 is 2.65 bits per heavy atom. The molecule has 1 aliphatic heterocycles. The Hall–Kier alpha value is -2.37. The summed E-state index contributed by atoms with van der Waals surface area (Å²) in [5.41, 5.74) is 2.01. The van der Waals surface area contributed by atoms with Crippen LogP contribution in [-0.4, -0.2) is 54.3 Å². The van der Waals surface area contributed by atoms with Gasteiger partial charge in [-0.1, -0.05) is 48.9 Å². The van der Waals surface area contributed by atoms with E-state index in [9.17, 15) is 9.90 Å². The Kier molecular flexibility index (Phi) is 8.21. The van der Waals surface area contributed by atoms with Crippen LogP contribution in [0.1, 0.15) is 75.3 Å². The zero-order chi connectivity index (χ0) is 25.7. The number of ether oxygens (including phenoxy) is 1. The number of hydrogen-bond donors (Lipinski definition) is 2. The van der Waals surface area contributed by atoms with E-state index in [0.717, 1.165) is 75.9 Å². The summed E-state index contributed by atoms with van der Waals surface area (Å²) in [5, 5.41) is 13.8. The summed E-state index contributed by atoms with van der Waals surface area (Å²) in [6.45, 7) is 3.14. The molecule has 5 nitrogen and oxygen atoms in total. The fraction of sp³-hybridized carbons (Fsp3) is 0.594. The molecule has 37 heavy (non-hydrogen) atoms. The number of hydrogen-bond acceptors (Lipinski definition) is 4. The fourth-order valence-electron chi connectivity index (χ4n) is 7.08. The first-order chi connectivity index (χ1) is 18.0. The van der Waals surface area contributed by atoms with Gasteiger partial charge >= 0.3 is 0 Å². The van der Waals surface area contributed by atoms with Crippen molar-refractivity contribution in [2.45, 2.75) is 87.7 Å². The van der Waals surface area contributed by atoms with Crippen molar-refractivity contribution < 1.29 is 14.6 Å². The second kappa shape index (κ2) is 11.6. The van der Waals surface area contributed by atoms with Gasteiger partial charge in [-0.05, 0) is 93.5 Å². The molecule has 0 unspecified atom stereocenters. The molecule has 1 saturated heterocycles. The monoisotopic (exact) mass is 504 g/mol. The average Bonchev–Trinajstić information content (AvgIpc) is 3.73. The van der Waals surface area contributed by atoms with Gasteiger partial charge in [0.25, 0.3) is 0 Å². The highest BCUT2D eigenvalue weighted by Crippen LogP contribution is 2.54. The average molecular weight is 505 g/mol. The van der Waals surface area contributed by atoms with Gasteiger partial charge in [-0.3, -0.25) is 4.79 Å². The molecule has 0 radical (unpaired) electrons. The molecule has 5 rings (SSSR count). The molecule has 3 atom stereocenters. The molecule has 2 aromatic carbocycles. The molecule has 2 aliphatic carbocycles. The number of aromatic hydroxyl groups is 1. The van der Waals surface area contributed by atoms with Gasteiger partial charge in [0, 0.05) is 38.1 Å². The highest BCUT2D eigenvalue weighted by molar-refractivity contribution is 5.76. The Labute approximate surface area is 222 Å². The Morgan fingerprint density at radius 1 is 1.05 bits per heavy atom. The van der Waals surface area contributed by atoms with Crippen LogP contribution < -0.4 is 5.32 Å². The topological polar surface area (TPSA) is 61.8 Å². The summed E-state index contributed by atoms with van der Waals surface area (Å²) in [5.74, 6) is 1.33. The van der Waals surface area contributed by atoms with Gasteiger partial charge in [-0.2, -0.15) is 0 Å². The lowest BCUT2D eigenvalue weighted by Crippen LogP contribution is -2.68. The molecule has 1 amide bonds. The number of rotatable bonds is 11. The predicted molar refractivity (Wildman–Crippen MR) is 148 cm³/mol. The van der Waals surface area contributed by atoms with Crippen molar-refractivity contribution in [1.82, 2.24) is 10.2 Å². The molecule has 2 aromatic rings. The van der Waals surface area contributed by atoms with E-state index in [2.05, 4.69) is 46.6 Å². The van der Waals surface area contributed by atoms with E-state index in [1.54, 1.807) is 6.07 Å². The van der Waals surface area contributed by atoms with E-state index in [0.29, 0.717) is 12.2 Å². The van der Waals surface area contributed by atoms with E-state index in [1.807, 2.05) is 19.2 Å². The number of carbonyl (C=O) groups excluding carboxylic acids is 1. The molecular weight excluding hydrogens is 460 g/mol. The number of amides is 1. The lowest BCUT2D eigenvalue weighted by Gasteiger charge is -2.60. The minimum atomic E-state index is -0.299. The standard InChI is InChI=1S/C32H44N2O3/c1-37-32-18-17-28(33-30(36)14-7-3-6-11-25-9-4-2-5-10-25)22-31(32,27-12-8-13-29(35)21-27)19-20-34(24-32)23-26-15-16-26/h2,4-5,8-10,12-13,21,26,28,35H,3,6-7,11,14-20,22-24H2,1H3,(H,33,36)/t28-,31-,32-/m0/s1. The van der Waals surface area contributed by atoms with Crippen molar-refractivity contribution in [2.75, 3.05) is 26.7 Å². The van der Waals surface area contributed by atoms with Crippen molar-refractivity contribution in [2.24, 2.45) is 5.92 Å². The maximum atomic E-state index is 12.9. The number of nitrogens with one attached hydrogen (secondary N) is 1. The molecule has 1 heterocycles. The smallest absolute Gasteiger partial charge is 0.220 e. The summed E-state index contributed by atoms with van der Waals surface area (Å²) < 4.78 is 6.46. The SMILES string of the molecule is CO[C@]12CC[C@H](NC(=O)CCCCCc3ccccc3)C[C@]1(c1cccc(O)c1)CCN(CC1CC1)C2. The number of unbranched alkanes of at least 4 members (excludes halogenated alkanes) is 2. The molecule has 0 bridgehead atoms. The summed E-state index contributed by atoms with van der Waals surface area (Å²) in [7, 11) is 1.87. The number of benzene rings is 2. The molecule has 5 heteroatoms. The zero-order valence-electron chi connectivity index (χ0n) is 22.5. The van der Waals surface area contributed by atoms with E-state index in [1.165, 1.54) is 24.9 Å². The van der Waals surface area contributed by atoms with Crippen molar-refractivity contribution in [3.05, 3.63) is 65.7 Å². The quantitative estimate of drug-likeness (QED) is 0.391. The zero-order valence-corrected chi connectivity index (χ0v) is 22.5. The van der Waals surface area contributed by atoms with E-state index >= 15 is 0 Å². The molecule has 3 aliphatic rings. The van der Waals surface area contributed by atoms with Gasteiger partial charge in [0.2, 0.25) is 5.91 Å². The maximum absolute atomic E-state index is 12.9. The van der Waals surface area contributed by atoms with Crippen molar-refractivity contribution in [3.8, 4) is 5.75 Å². The summed E-state index contributed by atoms with van der Waals surface area (Å²) in [6.07, 6.45) is 11.2. The summed E-state index contributed by atoms with van der Waals surface area (Å²) in [6, 6.07) is 18.5. The van der Waals surface area contributed by atoms with Gasteiger partial charge < -0.3 is 20.1 Å².